The van der Waals surface area contributed by atoms with Crippen molar-refractivity contribution in [1.29, 1.82) is 0 Å². The van der Waals surface area contributed by atoms with Crippen molar-refractivity contribution in [3.63, 3.8) is 0 Å². The molecule has 1 aromatic carbocycles. The first kappa shape index (κ1) is 14.5. The quantitative estimate of drug-likeness (QED) is 0.883. The molecule has 0 saturated carbocycles. The number of hydrogen-bond acceptors (Lipinski definition) is 4. The zero-order valence-electron chi connectivity index (χ0n) is 10.7. The first-order valence-electron chi connectivity index (χ1n) is 5.83. The highest BCUT2D eigenvalue weighted by molar-refractivity contribution is 7.92. The SMILES string of the molecule is CC(=Cc1ccccc1)C(=O)NS(=O)(=O)c1cccs1. The maximum Gasteiger partial charge on any atom is 0.273 e. The van der Waals surface area contributed by atoms with Gasteiger partial charge in [0.15, 0.2) is 0 Å². The third-order valence-corrected chi connectivity index (χ3v) is 5.26. The van der Waals surface area contributed by atoms with E-state index in [1.54, 1.807) is 24.4 Å². The maximum absolute atomic E-state index is 11.9. The fourth-order valence-corrected chi connectivity index (χ4v) is 3.54. The number of amides is 1. The molecule has 0 aliphatic rings. The first-order valence-corrected chi connectivity index (χ1v) is 8.19. The second-order valence-corrected chi connectivity index (χ2v) is 6.96. The van der Waals surface area contributed by atoms with E-state index in [-0.39, 0.29) is 4.21 Å². The molecule has 1 N–H and O–H groups in total. The normalized spacial score (nSPS) is 12.2. The summed E-state index contributed by atoms with van der Waals surface area (Å²) in [6.07, 6.45) is 1.64. The summed E-state index contributed by atoms with van der Waals surface area (Å²) in [4.78, 5) is 11.9. The molecule has 0 unspecified atom stereocenters. The second-order valence-electron chi connectivity index (χ2n) is 4.10. The molecule has 0 bridgehead atoms. The van der Waals surface area contributed by atoms with Gasteiger partial charge in [0.25, 0.3) is 15.9 Å². The van der Waals surface area contributed by atoms with Crippen LogP contribution in [0.4, 0.5) is 0 Å². The fourth-order valence-electron chi connectivity index (χ4n) is 1.53. The van der Waals surface area contributed by atoms with Crippen molar-refractivity contribution in [2.75, 3.05) is 0 Å². The van der Waals surface area contributed by atoms with Gasteiger partial charge in [0.1, 0.15) is 4.21 Å². The molecule has 2 aromatic rings. The molecule has 6 heteroatoms. The molecule has 104 valence electrons. The van der Waals surface area contributed by atoms with Crippen molar-refractivity contribution in [2.45, 2.75) is 11.1 Å². The second kappa shape index (κ2) is 6.02. The van der Waals surface area contributed by atoms with Crippen LogP contribution in [0.5, 0.6) is 0 Å². The van der Waals surface area contributed by atoms with Crippen LogP contribution in [0.15, 0.2) is 57.6 Å². The van der Waals surface area contributed by atoms with Gasteiger partial charge in [-0.25, -0.2) is 13.1 Å². The molecule has 0 saturated heterocycles. The van der Waals surface area contributed by atoms with Gasteiger partial charge in [-0.3, -0.25) is 4.79 Å². The van der Waals surface area contributed by atoms with Crippen molar-refractivity contribution in [1.82, 2.24) is 4.72 Å². The number of benzene rings is 1. The van der Waals surface area contributed by atoms with Gasteiger partial charge in [-0.2, -0.15) is 0 Å². The lowest BCUT2D eigenvalue weighted by molar-refractivity contribution is -0.115. The molecule has 2 rings (SSSR count). The summed E-state index contributed by atoms with van der Waals surface area (Å²) in [6, 6.07) is 12.3. The largest absolute Gasteiger partial charge is 0.273 e. The van der Waals surface area contributed by atoms with Gasteiger partial charge < -0.3 is 0 Å². The maximum atomic E-state index is 11.9. The van der Waals surface area contributed by atoms with Gasteiger partial charge in [-0.05, 0) is 30.0 Å². The lowest BCUT2D eigenvalue weighted by Crippen LogP contribution is -2.30. The van der Waals surface area contributed by atoms with Crippen LogP contribution in [0.1, 0.15) is 12.5 Å². The minimum absolute atomic E-state index is 0.123. The third-order valence-electron chi connectivity index (χ3n) is 2.53. The summed E-state index contributed by atoms with van der Waals surface area (Å²) in [5, 5.41) is 1.64. The lowest BCUT2D eigenvalue weighted by Gasteiger charge is -2.05. The van der Waals surface area contributed by atoms with Crippen LogP contribution in [-0.4, -0.2) is 14.3 Å². The highest BCUT2D eigenvalue weighted by atomic mass is 32.2. The van der Waals surface area contributed by atoms with E-state index in [9.17, 15) is 13.2 Å². The number of nitrogens with one attached hydrogen (secondary N) is 1. The highest BCUT2D eigenvalue weighted by Gasteiger charge is 2.19. The van der Waals surface area contributed by atoms with E-state index in [4.69, 9.17) is 0 Å². The molecule has 0 spiro atoms. The molecule has 0 radical (unpaired) electrons. The molecule has 20 heavy (non-hydrogen) atoms. The summed E-state index contributed by atoms with van der Waals surface area (Å²) < 4.78 is 26.0. The number of rotatable bonds is 4. The van der Waals surface area contributed by atoms with Gasteiger partial charge in [0.05, 0.1) is 0 Å². The summed E-state index contributed by atoms with van der Waals surface area (Å²) in [5.41, 5.74) is 1.17. The number of carbonyl (C=O) groups is 1. The Kier molecular flexibility index (Phi) is 4.36. The molecule has 0 aliphatic heterocycles. The Morgan fingerprint density at radius 3 is 2.45 bits per heavy atom. The van der Waals surface area contributed by atoms with Crippen molar-refractivity contribution >= 4 is 33.3 Å². The Bertz CT molecular complexity index is 717. The molecule has 1 amide bonds. The van der Waals surface area contributed by atoms with Gasteiger partial charge in [0.2, 0.25) is 0 Å². The lowest BCUT2D eigenvalue weighted by atomic mass is 10.1. The Balaban J connectivity index is 2.15. The van der Waals surface area contributed by atoms with Gasteiger partial charge in [0, 0.05) is 5.57 Å². The summed E-state index contributed by atoms with van der Waals surface area (Å²) in [5.74, 6) is -0.623. The minimum Gasteiger partial charge on any atom is -0.269 e. The molecular weight excluding hydrogens is 294 g/mol. The van der Waals surface area contributed by atoms with Gasteiger partial charge in [-0.15, -0.1) is 11.3 Å². The van der Waals surface area contributed by atoms with Crippen LogP contribution >= 0.6 is 11.3 Å². The molecule has 1 aromatic heterocycles. The molecular formula is C14H13NO3S2. The van der Waals surface area contributed by atoms with Crippen molar-refractivity contribution < 1.29 is 13.2 Å². The van der Waals surface area contributed by atoms with E-state index in [0.717, 1.165) is 16.9 Å². The average molecular weight is 307 g/mol. The first-order chi connectivity index (χ1) is 9.49. The van der Waals surface area contributed by atoms with Crippen LogP contribution in [0.2, 0.25) is 0 Å². The molecule has 0 atom stereocenters. The number of hydrogen-bond donors (Lipinski definition) is 1. The zero-order chi connectivity index (χ0) is 14.6. The summed E-state index contributed by atoms with van der Waals surface area (Å²) in [6.45, 7) is 1.58. The third kappa shape index (κ3) is 3.55. The number of thiophene rings is 1. The Hall–Kier alpha value is -1.92. The molecule has 0 fully saturated rings. The molecule has 0 aliphatic carbocycles. The minimum atomic E-state index is -3.78. The summed E-state index contributed by atoms with van der Waals surface area (Å²) >= 11 is 1.07. The monoisotopic (exact) mass is 307 g/mol. The topological polar surface area (TPSA) is 63.2 Å². The van der Waals surface area contributed by atoms with Crippen molar-refractivity contribution in [3.05, 3.63) is 59.0 Å². The number of sulfonamides is 1. The predicted octanol–water partition coefficient (Wildman–Crippen LogP) is 2.66. The van der Waals surface area contributed by atoms with E-state index in [1.807, 2.05) is 30.3 Å². The Labute approximate surface area is 121 Å². The molecule has 4 nitrogen and oxygen atoms in total. The van der Waals surface area contributed by atoms with Crippen LogP contribution in [0, 0.1) is 0 Å². The summed E-state index contributed by atoms with van der Waals surface area (Å²) in [7, 11) is -3.78. The predicted molar refractivity (Wildman–Crippen MR) is 79.7 cm³/mol. The van der Waals surface area contributed by atoms with Crippen LogP contribution in [0.25, 0.3) is 6.08 Å². The average Bonchev–Trinajstić information content (AvgIpc) is 2.94. The highest BCUT2D eigenvalue weighted by Crippen LogP contribution is 2.16. The van der Waals surface area contributed by atoms with Gasteiger partial charge in [-0.1, -0.05) is 36.4 Å². The standard InChI is InChI=1S/C14H13NO3S2/c1-11(10-12-6-3-2-4-7-12)14(16)15-20(17,18)13-8-5-9-19-13/h2-10H,1H3,(H,15,16). The molecule has 1 heterocycles. The number of carbonyl (C=O) groups excluding carboxylic acids is 1. The van der Waals surface area contributed by atoms with Crippen LogP contribution in [-0.2, 0) is 14.8 Å². The van der Waals surface area contributed by atoms with Crippen LogP contribution < -0.4 is 4.72 Å². The van der Waals surface area contributed by atoms with E-state index >= 15 is 0 Å². The zero-order valence-corrected chi connectivity index (χ0v) is 12.4. The van der Waals surface area contributed by atoms with Crippen molar-refractivity contribution in [2.24, 2.45) is 0 Å². The van der Waals surface area contributed by atoms with E-state index in [0.29, 0.717) is 5.57 Å². The van der Waals surface area contributed by atoms with E-state index in [1.165, 1.54) is 6.07 Å². The van der Waals surface area contributed by atoms with Crippen molar-refractivity contribution in [3.8, 4) is 0 Å². The van der Waals surface area contributed by atoms with Gasteiger partial charge >= 0.3 is 0 Å². The van der Waals surface area contributed by atoms with E-state index < -0.39 is 15.9 Å². The smallest absolute Gasteiger partial charge is 0.269 e. The fraction of sp³-hybridized carbons (Fsp3) is 0.0714. The van der Waals surface area contributed by atoms with E-state index in [2.05, 4.69) is 4.72 Å². The Morgan fingerprint density at radius 2 is 1.85 bits per heavy atom. The Morgan fingerprint density at radius 1 is 1.15 bits per heavy atom. The van der Waals surface area contributed by atoms with Crippen LogP contribution in [0.3, 0.4) is 0 Å².